The van der Waals surface area contributed by atoms with Crippen molar-refractivity contribution in [3.8, 4) is 0 Å². The third kappa shape index (κ3) is 5.91. The summed E-state index contributed by atoms with van der Waals surface area (Å²) in [6.07, 6.45) is -22.2. The Labute approximate surface area is 203 Å². The summed E-state index contributed by atoms with van der Waals surface area (Å²) in [6.45, 7) is -3.54. The van der Waals surface area contributed by atoms with E-state index in [4.69, 9.17) is 28.0 Å². The van der Waals surface area contributed by atoms with Crippen LogP contribution in [0.2, 0.25) is 0 Å². The SMILES string of the molecule is O=P(O)(O[C@@H]1[C@@H](CO)O[C@@](CO)(O[C@H]2O[C@H](CO)[C@@H](O)[C@H](O)[C@H]2O)[C@H]1O)O[C@H]1C(O)OC[C@H](O)[C@@H]1O. The highest BCUT2D eigenvalue weighted by Crippen LogP contribution is 2.51. The fraction of sp³-hybridized carbons (Fsp3) is 1.00. The van der Waals surface area contributed by atoms with E-state index >= 15 is 0 Å². The molecule has 0 bridgehead atoms. The standard InChI is InChI=1S/C17H31O18P/c18-1-6-9(23)10(24)11(25)16(31-6)33-17(4-20)14(26)12(7(2-19)32-17)34-36(28,29)35-13-8(22)5(21)3-30-15(13)27/h5-16,18-27H,1-4H2,(H,28,29)/t5-,6+,7+,8-,9+,10-,11+,12+,13+,14-,15?,16+,17-/m0/s1. The normalized spacial score (nSPS) is 49.6. The molecule has 0 spiro atoms. The average Bonchev–Trinajstić information content (AvgIpc) is 3.10. The van der Waals surface area contributed by atoms with Gasteiger partial charge in [0, 0.05) is 0 Å². The minimum Gasteiger partial charge on any atom is -0.394 e. The first kappa shape index (κ1) is 30.1. The van der Waals surface area contributed by atoms with E-state index in [9.17, 15) is 60.5 Å². The molecule has 0 radical (unpaired) electrons. The van der Waals surface area contributed by atoms with Gasteiger partial charge >= 0.3 is 7.82 Å². The molecule has 3 fully saturated rings. The molecule has 212 valence electrons. The third-order valence-corrected chi connectivity index (χ3v) is 7.02. The van der Waals surface area contributed by atoms with E-state index in [0.717, 1.165) is 0 Å². The number of phosphoric ester groups is 1. The number of ether oxygens (including phenoxy) is 4. The van der Waals surface area contributed by atoms with Gasteiger partial charge in [0.25, 0.3) is 0 Å². The van der Waals surface area contributed by atoms with Crippen LogP contribution in [0.15, 0.2) is 0 Å². The van der Waals surface area contributed by atoms with E-state index in [2.05, 4.69) is 0 Å². The second kappa shape index (κ2) is 11.7. The molecule has 0 aromatic rings. The maximum Gasteiger partial charge on any atom is 0.473 e. The maximum atomic E-state index is 12.6. The minimum atomic E-state index is -5.34. The van der Waals surface area contributed by atoms with Gasteiger partial charge in [0.15, 0.2) is 12.6 Å². The van der Waals surface area contributed by atoms with Gasteiger partial charge in [-0.1, -0.05) is 0 Å². The maximum absolute atomic E-state index is 12.6. The van der Waals surface area contributed by atoms with Gasteiger partial charge in [-0.2, -0.15) is 0 Å². The van der Waals surface area contributed by atoms with Gasteiger partial charge in [0.1, 0.15) is 67.6 Å². The topological polar surface area (TPSA) is 295 Å². The first-order valence-electron chi connectivity index (χ1n) is 10.7. The van der Waals surface area contributed by atoms with Crippen molar-refractivity contribution in [3.63, 3.8) is 0 Å². The van der Waals surface area contributed by atoms with Crippen LogP contribution < -0.4 is 0 Å². The summed E-state index contributed by atoms with van der Waals surface area (Å²) >= 11 is 0. The number of hydrogen-bond donors (Lipinski definition) is 11. The first-order valence-corrected chi connectivity index (χ1v) is 12.2. The summed E-state index contributed by atoms with van der Waals surface area (Å²) in [5.41, 5.74) is 0. The minimum absolute atomic E-state index is 0.505. The molecule has 11 N–H and O–H groups in total. The van der Waals surface area contributed by atoms with Crippen molar-refractivity contribution in [2.24, 2.45) is 0 Å². The summed E-state index contributed by atoms with van der Waals surface area (Å²) in [6, 6.07) is 0. The molecule has 0 aromatic heterocycles. The molecule has 0 aromatic carbocycles. The van der Waals surface area contributed by atoms with Crippen molar-refractivity contribution in [1.82, 2.24) is 0 Å². The van der Waals surface area contributed by atoms with Crippen LogP contribution in [0.25, 0.3) is 0 Å². The second-order valence-electron chi connectivity index (χ2n) is 8.46. The number of rotatable bonds is 9. The van der Waals surface area contributed by atoms with Crippen LogP contribution in [0.5, 0.6) is 0 Å². The molecular weight excluding hydrogens is 523 g/mol. The zero-order valence-corrected chi connectivity index (χ0v) is 19.4. The largest absolute Gasteiger partial charge is 0.473 e. The average molecular weight is 554 g/mol. The van der Waals surface area contributed by atoms with Gasteiger partial charge in [-0.25, -0.2) is 4.57 Å². The number of phosphoric acid groups is 1. The Morgan fingerprint density at radius 2 is 1.44 bits per heavy atom. The Morgan fingerprint density at radius 3 is 2.03 bits per heavy atom. The molecule has 3 saturated heterocycles. The summed E-state index contributed by atoms with van der Waals surface area (Å²) in [5.74, 6) is -2.60. The summed E-state index contributed by atoms with van der Waals surface area (Å²) in [7, 11) is -5.34. The summed E-state index contributed by atoms with van der Waals surface area (Å²) in [4.78, 5) is 10.2. The predicted molar refractivity (Wildman–Crippen MR) is 106 cm³/mol. The molecule has 14 atom stereocenters. The van der Waals surface area contributed by atoms with Gasteiger partial charge in [-0.3, -0.25) is 9.05 Å². The van der Waals surface area contributed by atoms with Gasteiger partial charge in [0.2, 0.25) is 5.79 Å². The van der Waals surface area contributed by atoms with Gasteiger partial charge in [-0.05, 0) is 0 Å². The Bertz CT molecular complexity index is 772. The molecular formula is C17H31O18P. The quantitative estimate of drug-likeness (QED) is 0.118. The number of aliphatic hydroxyl groups is 10. The van der Waals surface area contributed by atoms with Gasteiger partial charge < -0.3 is 74.9 Å². The van der Waals surface area contributed by atoms with Crippen LogP contribution in [0, 0.1) is 0 Å². The Kier molecular flexibility index (Phi) is 9.82. The van der Waals surface area contributed by atoms with Crippen LogP contribution in [-0.2, 0) is 32.6 Å². The van der Waals surface area contributed by atoms with Crippen molar-refractivity contribution in [3.05, 3.63) is 0 Å². The molecule has 36 heavy (non-hydrogen) atoms. The van der Waals surface area contributed by atoms with Crippen molar-refractivity contribution in [1.29, 1.82) is 0 Å². The molecule has 2 unspecified atom stereocenters. The molecule has 3 aliphatic heterocycles. The third-order valence-electron chi connectivity index (χ3n) is 6.00. The van der Waals surface area contributed by atoms with E-state index < -0.39 is 114 Å². The highest BCUT2D eigenvalue weighted by molar-refractivity contribution is 7.47. The zero-order valence-electron chi connectivity index (χ0n) is 18.5. The first-order chi connectivity index (χ1) is 16.8. The lowest BCUT2D eigenvalue weighted by molar-refractivity contribution is -0.383. The Hall–Kier alpha value is -0.450. The molecule has 0 aliphatic carbocycles. The molecule has 3 aliphatic rings. The van der Waals surface area contributed by atoms with Gasteiger partial charge in [0.05, 0.1) is 19.8 Å². The number of hydrogen-bond acceptors (Lipinski definition) is 17. The zero-order chi connectivity index (χ0) is 27.0. The number of aliphatic hydroxyl groups excluding tert-OH is 10. The van der Waals surface area contributed by atoms with E-state index in [0.29, 0.717) is 0 Å². The van der Waals surface area contributed by atoms with Crippen LogP contribution in [0.3, 0.4) is 0 Å². The van der Waals surface area contributed by atoms with Crippen LogP contribution in [-0.4, -0.2) is 162 Å². The van der Waals surface area contributed by atoms with Crippen LogP contribution in [0.1, 0.15) is 0 Å². The highest BCUT2D eigenvalue weighted by Gasteiger charge is 2.61. The summed E-state index contributed by atoms with van der Waals surface area (Å²) < 4.78 is 42.6. The van der Waals surface area contributed by atoms with E-state index in [1.165, 1.54) is 0 Å². The van der Waals surface area contributed by atoms with E-state index in [-0.39, 0.29) is 0 Å². The van der Waals surface area contributed by atoms with Crippen molar-refractivity contribution >= 4 is 7.82 Å². The van der Waals surface area contributed by atoms with E-state index in [1.54, 1.807) is 0 Å². The highest BCUT2D eigenvalue weighted by atomic mass is 31.2. The Morgan fingerprint density at radius 1 is 0.833 bits per heavy atom. The predicted octanol–water partition coefficient (Wildman–Crippen LogP) is -6.82. The lowest BCUT2D eigenvalue weighted by atomic mass is 9.99. The molecule has 3 heterocycles. The second-order valence-corrected chi connectivity index (χ2v) is 9.82. The van der Waals surface area contributed by atoms with E-state index in [1.807, 2.05) is 0 Å². The van der Waals surface area contributed by atoms with Crippen LogP contribution in [0.4, 0.5) is 0 Å². The van der Waals surface area contributed by atoms with Crippen molar-refractivity contribution in [2.45, 2.75) is 79.4 Å². The fourth-order valence-electron chi connectivity index (χ4n) is 3.97. The smallest absolute Gasteiger partial charge is 0.394 e. The monoisotopic (exact) mass is 554 g/mol. The van der Waals surface area contributed by atoms with Crippen molar-refractivity contribution in [2.75, 3.05) is 26.4 Å². The molecule has 0 amide bonds. The molecule has 18 nitrogen and oxygen atoms in total. The molecule has 3 rings (SSSR count). The lowest BCUT2D eigenvalue weighted by Gasteiger charge is -2.43. The Balaban J connectivity index is 1.77. The molecule has 0 saturated carbocycles. The lowest BCUT2D eigenvalue weighted by Crippen LogP contribution is -2.62. The summed E-state index contributed by atoms with van der Waals surface area (Å²) in [5, 5.41) is 99.0. The van der Waals surface area contributed by atoms with Crippen molar-refractivity contribution < 1.29 is 88.5 Å². The van der Waals surface area contributed by atoms with Crippen LogP contribution >= 0.6 is 7.82 Å². The molecule has 19 heteroatoms. The van der Waals surface area contributed by atoms with Gasteiger partial charge in [-0.15, -0.1) is 0 Å². The fourth-order valence-corrected chi connectivity index (χ4v) is 5.11.